The molecular weight excluding hydrogens is 279 g/mol. The molecule has 0 heterocycles. The molecule has 114 valence electrons. The van der Waals surface area contributed by atoms with Gasteiger partial charge in [-0.2, -0.15) is 0 Å². The second kappa shape index (κ2) is 7.71. The normalized spacial score (nSPS) is 12.1. The average Bonchev–Trinajstić information content (AvgIpc) is 2.35. The fourth-order valence-corrected chi connectivity index (χ4v) is 2.81. The number of hydrogen-bond acceptors (Lipinski definition) is 3. The minimum Gasteiger partial charge on any atom is -0.313 e. The standard InChI is InChI=1S/C14H23FN2O2S/c1-4-16-10-12-5-6-14(13(15)9-12)20(18,19)17-8-7-11(2)3/h5-6,9,11,16-17H,4,7-8,10H2,1-3H3. The van der Waals surface area contributed by atoms with Crippen molar-refractivity contribution in [2.24, 2.45) is 5.92 Å². The van der Waals surface area contributed by atoms with E-state index in [4.69, 9.17) is 0 Å². The Kier molecular flexibility index (Phi) is 6.58. The van der Waals surface area contributed by atoms with Crippen molar-refractivity contribution >= 4 is 10.0 Å². The Morgan fingerprint density at radius 3 is 2.55 bits per heavy atom. The van der Waals surface area contributed by atoms with Crippen LogP contribution in [0.2, 0.25) is 0 Å². The summed E-state index contributed by atoms with van der Waals surface area (Å²) in [6.07, 6.45) is 0.722. The molecule has 0 unspecified atom stereocenters. The molecule has 0 fully saturated rings. The quantitative estimate of drug-likeness (QED) is 0.774. The minimum absolute atomic E-state index is 0.290. The first-order valence-corrected chi connectivity index (χ1v) is 8.34. The van der Waals surface area contributed by atoms with E-state index in [1.54, 1.807) is 6.07 Å². The van der Waals surface area contributed by atoms with Crippen LogP contribution in [-0.2, 0) is 16.6 Å². The van der Waals surface area contributed by atoms with Gasteiger partial charge in [0.05, 0.1) is 0 Å². The summed E-state index contributed by atoms with van der Waals surface area (Å²) < 4.78 is 40.3. The van der Waals surface area contributed by atoms with Crippen molar-refractivity contribution in [3.8, 4) is 0 Å². The third kappa shape index (κ3) is 5.19. The molecule has 0 saturated heterocycles. The van der Waals surface area contributed by atoms with E-state index in [9.17, 15) is 12.8 Å². The summed E-state index contributed by atoms with van der Waals surface area (Å²) in [6, 6.07) is 4.21. The monoisotopic (exact) mass is 302 g/mol. The third-order valence-electron chi connectivity index (χ3n) is 2.88. The molecule has 1 aromatic rings. The van der Waals surface area contributed by atoms with Crippen molar-refractivity contribution < 1.29 is 12.8 Å². The molecule has 0 radical (unpaired) electrons. The maximum absolute atomic E-state index is 13.9. The molecule has 2 N–H and O–H groups in total. The molecule has 0 aliphatic heterocycles. The predicted octanol–water partition coefficient (Wildman–Crippen LogP) is 2.26. The molecule has 0 amide bonds. The first kappa shape index (κ1) is 17.1. The van der Waals surface area contributed by atoms with Gasteiger partial charge >= 0.3 is 0 Å². The molecule has 0 aromatic heterocycles. The van der Waals surface area contributed by atoms with Crippen LogP contribution in [0.5, 0.6) is 0 Å². The molecule has 0 saturated carbocycles. The number of sulfonamides is 1. The zero-order valence-corrected chi connectivity index (χ0v) is 13.1. The molecule has 1 rings (SSSR count). The van der Waals surface area contributed by atoms with Crippen molar-refractivity contribution in [2.75, 3.05) is 13.1 Å². The van der Waals surface area contributed by atoms with Crippen LogP contribution < -0.4 is 10.0 Å². The van der Waals surface area contributed by atoms with E-state index in [2.05, 4.69) is 10.0 Å². The average molecular weight is 302 g/mol. The van der Waals surface area contributed by atoms with E-state index in [0.29, 0.717) is 19.0 Å². The van der Waals surface area contributed by atoms with Gasteiger partial charge in [-0.3, -0.25) is 0 Å². The van der Waals surface area contributed by atoms with Crippen molar-refractivity contribution in [2.45, 2.75) is 38.6 Å². The van der Waals surface area contributed by atoms with Crippen LogP contribution in [-0.4, -0.2) is 21.5 Å². The molecule has 20 heavy (non-hydrogen) atoms. The maximum Gasteiger partial charge on any atom is 0.243 e. The van der Waals surface area contributed by atoms with Crippen LogP contribution in [0, 0.1) is 11.7 Å². The van der Waals surface area contributed by atoms with Crippen LogP contribution in [0.3, 0.4) is 0 Å². The van der Waals surface area contributed by atoms with Crippen LogP contribution >= 0.6 is 0 Å². The zero-order valence-electron chi connectivity index (χ0n) is 12.2. The number of rotatable bonds is 8. The fraction of sp³-hybridized carbons (Fsp3) is 0.571. The lowest BCUT2D eigenvalue weighted by molar-refractivity contribution is 0.539. The van der Waals surface area contributed by atoms with E-state index in [1.165, 1.54) is 12.1 Å². The highest BCUT2D eigenvalue weighted by atomic mass is 32.2. The molecule has 0 bridgehead atoms. The van der Waals surface area contributed by atoms with Gasteiger partial charge in [-0.05, 0) is 36.6 Å². The fourth-order valence-electron chi connectivity index (χ4n) is 1.70. The molecule has 0 aliphatic carbocycles. The largest absolute Gasteiger partial charge is 0.313 e. The van der Waals surface area contributed by atoms with E-state index >= 15 is 0 Å². The highest BCUT2D eigenvalue weighted by Gasteiger charge is 2.18. The van der Waals surface area contributed by atoms with Gasteiger partial charge in [0, 0.05) is 13.1 Å². The minimum atomic E-state index is -3.77. The summed E-state index contributed by atoms with van der Waals surface area (Å²) >= 11 is 0. The Morgan fingerprint density at radius 1 is 1.30 bits per heavy atom. The van der Waals surface area contributed by atoms with E-state index in [1.807, 2.05) is 20.8 Å². The molecule has 4 nitrogen and oxygen atoms in total. The predicted molar refractivity (Wildman–Crippen MR) is 78.4 cm³/mol. The van der Waals surface area contributed by atoms with Crippen LogP contribution in [0.15, 0.2) is 23.1 Å². The van der Waals surface area contributed by atoms with Crippen LogP contribution in [0.1, 0.15) is 32.8 Å². The summed E-state index contributed by atoms with van der Waals surface area (Å²) in [7, 11) is -3.77. The first-order valence-electron chi connectivity index (χ1n) is 6.85. The van der Waals surface area contributed by atoms with Crippen LogP contribution in [0.4, 0.5) is 4.39 Å². The Balaban J connectivity index is 2.79. The van der Waals surface area contributed by atoms with Gasteiger partial charge in [-0.1, -0.05) is 26.8 Å². The lowest BCUT2D eigenvalue weighted by Gasteiger charge is -2.10. The second-order valence-corrected chi connectivity index (χ2v) is 6.86. The second-order valence-electron chi connectivity index (χ2n) is 5.13. The Labute approximate surface area is 120 Å². The third-order valence-corrected chi connectivity index (χ3v) is 4.37. The van der Waals surface area contributed by atoms with Gasteiger partial charge in [0.25, 0.3) is 0 Å². The lowest BCUT2D eigenvalue weighted by Crippen LogP contribution is -2.26. The summed E-state index contributed by atoms with van der Waals surface area (Å²) in [5.74, 6) is -0.317. The highest BCUT2D eigenvalue weighted by Crippen LogP contribution is 2.16. The number of halogens is 1. The van der Waals surface area contributed by atoms with Gasteiger partial charge in [-0.15, -0.1) is 0 Å². The lowest BCUT2D eigenvalue weighted by atomic mass is 10.1. The maximum atomic E-state index is 13.9. The summed E-state index contributed by atoms with van der Waals surface area (Å²) in [5.41, 5.74) is 0.727. The molecule has 1 aromatic carbocycles. The molecule has 0 spiro atoms. The molecule has 0 aliphatic rings. The van der Waals surface area contributed by atoms with Gasteiger partial charge in [0.2, 0.25) is 10.0 Å². The SMILES string of the molecule is CCNCc1ccc(S(=O)(=O)NCCC(C)C)c(F)c1. The number of nitrogens with one attached hydrogen (secondary N) is 2. The van der Waals surface area contributed by atoms with Gasteiger partial charge in [-0.25, -0.2) is 17.5 Å². The molecule has 0 atom stereocenters. The summed E-state index contributed by atoms with van der Waals surface area (Å²) in [4.78, 5) is -0.290. The highest BCUT2D eigenvalue weighted by molar-refractivity contribution is 7.89. The van der Waals surface area contributed by atoms with Gasteiger partial charge in [0.1, 0.15) is 10.7 Å². The van der Waals surface area contributed by atoms with Gasteiger partial charge < -0.3 is 5.32 Å². The Bertz CT molecular complexity index is 530. The Hall–Kier alpha value is -0.980. The number of benzene rings is 1. The smallest absolute Gasteiger partial charge is 0.243 e. The molecule has 6 heteroatoms. The molecular formula is C14H23FN2O2S. The van der Waals surface area contributed by atoms with E-state index in [-0.39, 0.29) is 4.90 Å². The van der Waals surface area contributed by atoms with Gasteiger partial charge in [0.15, 0.2) is 0 Å². The first-order chi connectivity index (χ1) is 9.36. The summed E-state index contributed by atoms with van der Waals surface area (Å²) in [5, 5.41) is 3.06. The van der Waals surface area contributed by atoms with Crippen LogP contribution in [0.25, 0.3) is 0 Å². The van der Waals surface area contributed by atoms with Crippen molar-refractivity contribution in [1.82, 2.24) is 10.0 Å². The summed E-state index contributed by atoms with van der Waals surface area (Å²) in [6.45, 7) is 7.58. The number of hydrogen-bond donors (Lipinski definition) is 2. The van der Waals surface area contributed by atoms with Crippen molar-refractivity contribution in [3.63, 3.8) is 0 Å². The van der Waals surface area contributed by atoms with E-state index in [0.717, 1.165) is 18.5 Å². The van der Waals surface area contributed by atoms with Crippen molar-refractivity contribution in [3.05, 3.63) is 29.6 Å². The van der Waals surface area contributed by atoms with Crippen molar-refractivity contribution in [1.29, 1.82) is 0 Å². The topological polar surface area (TPSA) is 58.2 Å². The Morgan fingerprint density at radius 2 is 2.00 bits per heavy atom. The zero-order chi connectivity index (χ0) is 15.2. The van der Waals surface area contributed by atoms with E-state index < -0.39 is 15.8 Å².